The SMILES string of the molecule is CNCCNCc1ccc(NC(=O)c2ccc(C)c(C#CC3=CCC=C(Nc4cnn(CC#N)c4)N=C3)c2)cc1F. The van der Waals surface area contributed by atoms with Gasteiger partial charge in [0.1, 0.15) is 18.2 Å². The molecule has 9 nitrogen and oxygen atoms in total. The molecule has 0 radical (unpaired) electrons. The van der Waals surface area contributed by atoms with Crippen LogP contribution in [0.1, 0.15) is 33.5 Å². The van der Waals surface area contributed by atoms with Gasteiger partial charge in [0.05, 0.1) is 18.0 Å². The molecule has 4 N–H and O–H groups in total. The summed E-state index contributed by atoms with van der Waals surface area (Å²) in [6.45, 7) is 4.03. The van der Waals surface area contributed by atoms with Crippen molar-refractivity contribution in [3.05, 3.63) is 100 Å². The van der Waals surface area contributed by atoms with Crippen LogP contribution in [0.15, 0.2) is 77.3 Å². The molecule has 0 saturated heterocycles. The number of benzene rings is 2. The molecule has 4 rings (SSSR count). The highest BCUT2D eigenvalue weighted by molar-refractivity contribution is 6.04. The fourth-order valence-electron chi connectivity index (χ4n) is 3.89. The second-order valence-electron chi connectivity index (χ2n) is 9.27. The van der Waals surface area contributed by atoms with E-state index in [1.807, 2.05) is 38.3 Å². The number of likely N-dealkylation sites (N-methyl/N-ethyl adjacent to an activating group) is 1. The van der Waals surface area contributed by atoms with Gasteiger partial charge in [-0.1, -0.05) is 30.0 Å². The fraction of sp³-hybridized carbons (Fsp3) is 0.226. The van der Waals surface area contributed by atoms with Crippen LogP contribution in [0.4, 0.5) is 15.8 Å². The number of amides is 1. The molecule has 3 aromatic rings. The van der Waals surface area contributed by atoms with Crippen molar-refractivity contribution in [2.45, 2.75) is 26.4 Å². The van der Waals surface area contributed by atoms with Crippen LogP contribution in [0.2, 0.25) is 0 Å². The van der Waals surface area contributed by atoms with Crippen molar-refractivity contribution >= 4 is 23.5 Å². The van der Waals surface area contributed by atoms with Crippen LogP contribution in [-0.4, -0.2) is 42.0 Å². The van der Waals surface area contributed by atoms with E-state index >= 15 is 0 Å². The van der Waals surface area contributed by atoms with Crippen LogP contribution in [-0.2, 0) is 13.1 Å². The first-order valence-corrected chi connectivity index (χ1v) is 13.1. The molecule has 10 heteroatoms. The maximum absolute atomic E-state index is 14.5. The van der Waals surface area contributed by atoms with Gasteiger partial charge in [-0.3, -0.25) is 9.48 Å². The van der Waals surface area contributed by atoms with Crippen molar-refractivity contribution in [1.82, 2.24) is 20.4 Å². The number of aryl methyl sites for hydroxylation is 1. The van der Waals surface area contributed by atoms with Crippen molar-refractivity contribution in [1.29, 1.82) is 5.26 Å². The molecule has 0 atom stereocenters. The predicted octanol–water partition coefficient (Wildman–Crippen LogP) is 4.12. The highest BCUT2D eigenvalue weighted by Gasteiger charge is 2.10. The Balaban J connectivity index is 1.38. The maximum atomic E-state index is 14.5. The van der Waals surface area contributed by atoms with E-state index in [2.05, 4.69) is 43.2 Å². The summed E-state index contributed by atoms with van der Waals surface area (Å²) < 4.78 is 16.1. The second kappa shape index (κ2) is 14.4. The summed E-state index contributed by atoms with van der Waals surface area (Å²) in [7, 11) is 1.86. The van der Waals surface area contributed by atoms with Crippen molar-refractivity contribution in [3.63, 3.8) is 0 Å². The van der Waals surface area contributed by atoms with Crippen LogP contribution >= 0.6 is 0 Å². The Kier molecular flexibility index (Phi) is 10.2. The van der Waals surface area contributed by atoms with E-state index < -0.39 is 0 Å². The highest BCUT2D eigenvalue weighted by Crippen LogP contribution is 2.18. The van der Waals surface area contributed by atoms with Gasteiger partial charge < -0.3 is 21.3 Å². The standard InChI is InChI=1S/C31H31FN8O/c1-22-6-8-25(31(41)39-27-11-10-26(29(32)17-27)19-35-14-13-34-2)16-24(22)9-7-23-4-3-5-30(36-18-23)38-28-20-37-40(21-28)15-12-33/h4-6,8,10-11,16-18,20-21,34-35,38H,3,13-15,19H2,1-2H3,(H,39,41). The summed E-state index contributed by atoms with van der Waals surface area (Å²) in [6, 6.07) is 12.0. The smallest absolute Gasteiger partial charge is 0.255 e. The molecule has 0 spiro atoms. The highest BCUT2D eigenvalue weighted by atomic mass is 19.1. The number of nitrogens with zero attached hydrogens (tertiary/aromatic N) is 4. The number of anilines is 2. The van der Waals surface area contributed by atoms with Crippen LogP contribution in [0, 0.1) is 35.9 Å². The third-order valence-electron chi connectivity index (χ3n) is 6.15. The van der Waals surface area contributed by atoms with E-state index in [1.54, 1.807) is 42.9 Å². The minimum atomic E-state index is -0.379. The Hall–Kier alpha value is -5.03. The summed E-state index contributed by atoms with van der Waals surface area (Å²) in [5.41, 5.74) is 4.45. The van der Waals surface area contributed by atoms with Crippen LogP contribution in [0.3, 0.4) is 0 Å². The van der Waals surface area contributed by atoms with Gasteiger partial charge in [-0.2, -0.15) is 10.4 Å². The molecule has 1 aromatic heterocycles. The number of rotatable bonds is 10. The van der Waals surface area contributed by atoms with E-state index in [-0.39, 0.29) is 18.3 Å². The second-order valence-corrected chi connectivity index (χ2v) is 9.27. The van der Waals surface area contributed by atoms with E-state index in [0.29, 0.717) is 41.2 Å². The Morgan fingerprint density at radius 2 is 2.00 bits per heavy atom. The minimum absolute atomic E-state index is 0.175. The molecule has 41 heavy (non-hydrogen) atoms. The molecule has 0 bridgehead atoms. The topological polar surface area (TPSA) is 119 Å². The third-order valence-corrected chi connectivity index (χ3v) is 6.15. The van der Waals surface area contributed by atoms with Gasteiger partial charge in [-0.05, 0) is 56.3 Å². The summed E-state index contributed by atoms with van der Waals surface area (Å²) in [5, 5.41) is 25.1. The average molecular weight is 551 g/mol. The third kappa shape index (κ3) is 8.48. The number of aliphatic imine (C=N–C) groups is 1. The first kappa shape index (κ1) is 29.0. The number of aromatic nitrogens is 2. The first-order chi connectivity index (χ1) is 19.9. The number of hydrogen-bond donors (Lipinski definition) is 4. The Bertz CT molecular complexity index is 1600. The zero-order valence-electron chi connectivity index (χ0n) is 23.0. The summed E-state index contributed by atoms with van der Waals surface area (Å²) >= 11 is 0. The molecular formula is C31H31FN8O. The largest absolute Gasteiger partial charge is 0.338 e. The molecule has 2 heterocycles. The number of nitriles is 1. The molecule has 1 aliphatic heterocycles. The number of halogens is 1. The molecule has 0 aliphatic carbocycles. The Morgan fingerprint density at radius 1 is 1.12 bits per heavy atom. The van der Waals surface area contributed by atoms with Crippen LogP contribution in [0.5, 0.6) is 0 Å². The van der Waals surface area contributed by atoms with Gasteiger partial charge in [0, 0.05) is 60.0 Å². The quantitative estimate of drug-likeness (QED) is 0.223. The lowest BCUT2D eigenvalue weighted by Gasteiger charge is -2.10. The molecule has 1 aliphatic rings. The number of carbonyl (C=O) groups excluding carboxylic acids is 1. The Labute approximate surface area is 238 Å². The maximum Gasteiger partial charge on any atom is 0.255 e. The number of carbonyl (C=O) groups is 1. The monoisotopic (exact) mass is 550 g/mol. The van der Waals surface area contributed by atoms with Gasteiger partial charge in [-0.25, -0.2) is 9.38 Å². The molecule has 0 fully saturated rings. The molecule has 0 saturated carbocycles. The fourth-order valence-corrected chi connectivity index (χ4v) is 3.89. The van der Waals surface area contributed by atoms with Gasteiger partial charge in [-0.15, -0.1) is 0 Å². The zero-order chi connectivity index (χ0) is 29.0. The van der Waals surface area contributed by atoms with E-state index in [9.17, 15) is 9.18 Å². The normalized spacial score (nSPS) is 12.3. The van der Waals surface area contributed by atoms with Gasteiger partial charge in [0.15, 0.2) is 0 Å². The molecule has 2 aromatic carbocycles. The predicted molar refractivity (Wildman–Crippen MR) is 159 cm³/mol. The van der Waals surface area contributed by atoms with Gasteiger partial charge in [0.2, 0.25) is 0 Å². The molecule has 0 unspecified atom stereocenters. The lowest BCUT2D eigenvalue weighted by atomic mass is 10.0. The van der Waals surface area contributed by atoms with Crippen LogP contribution < -0.4 is 21.3 Å². The van der Waals surface area contributed by atoms with Crippen molar-refractivity contribution in [2.75, 3.05) is 30.8 Å². The van der Waals surface area contributed by atoms with Crippen LogP contribution in [0.25, 0.3) is 0 Å². The van der Waals surface area contributed by atoms with Crippen molar-refractivity contribution < 1.29 is 9.18 Å². The number of allylic oxidation sites excluding steroid dienone is 3. The average Bonchev–Trinajstić information content (AvgIpc) is 3.27. The first-order valence-electron chi connectivity index (χ1n) is 13.1. The number of hydrogen-bond acceptors (Lipinski definition) is 7. The lowest BCUT2D eigenvalue weighted by molar-refractivity contribution is 0.102. The minimum Gasteiger partial charge on any atom is -0.338 e. The Morgan fingerprint density at radius 3 is 2.80 bits per heavy atom. The van der Waals surface area contributed by atoms with E-state index in [4.69, 9.17) is 5.26 Å². The van der Waals surface area contributed by atoms with Crippen molar-refractivity contribution in [2.24, 2.45) is 4.99 Å². The lowest BCUT2D eigenvalue weighted by Crippen LogP contribution is -2.24. The number of nitrogens with one attached hydrogen (secondary N) is 4. The van der Waals surface area contributed by atoms with E-state index in [1.165, 1.54) is 10.7 Å². The van der Waals surface area contributed by atoms with Gasteiger partial charge in [0.25, 0.3) is 5.91 Å². The zero-order valence-corrected chi connectivity index (χ0v) is 23.0. The summed E-state index contributed by atoms with van der Waals surface area (Å²) in [6.07, 6.45) is 9.57. The summed E-state index contributed by atoms with van der Waals surface area (Å²) in [4.78, 5) is 17.4. The van der Waals surface area contributed by atoms with E-state index in [0.717, 1.165) is 29.9 Å². The van der Waals surface area contributed by atoms with Gasteiger partial charge >= 0.3 is 0 Å². The molecule has 208 valence electrons. The molecular weight excluding hydrogens is 519 g/mol. The van der Waals surface area contributed by atoms with Crippen molar-refractivity contribution in [3.8, 4) is 17.9 Å². The molecule has 1 amide bonds. The summed E-state index contributed by atoms with van der Waals surface area (Å²) in [5.74, 6) is 6.21.